The van der Waals surface area contributed by atoms with Crippen molar-refractivity contribution in [2.75, 3.05) is 20.1 Å². The molecule has 134 valence electrons. The van der Waals surface area contributed by atoms with Crippen LogP contribution in [-0.2, 0) is 19.8 Å². The minimum Gasteiger partial charge on any atom is -0.357 e. The zero-order valence-electron chi connectivity index (χ0n) is 14.2. The molecule has 0 bridgehead atoms. The van der Waals surface area contributed by atoms with Gasteiger partial charge >= 0.3 is 0 Å². The van der Waals surface area contributed by atoms with Gasteiger partial charge in [0.25, 0.3) is 0 Å². The van der Waals surface area contributed by atoms with Gasteiger partial charge in [0, 0.05) is 13.6 Å². The molecule has 1 heterocycles. The molecule has 1 saturated heterocycles. The van der Waals surface area contributed by atoms with Gasteiger partial charge in [0.2, 0.25) is 17.7 Å². The molecule has 2 N–H and O–H groups in total. The standard InChI is InChI=1S/C18H22FN3O3/c1-20-16(24)14-3-2-10-22(14)15(23)11-21-17(25)18(8-9-18)12-4-6-13(19)7-5-12/h4-7,14H,2-3,8-11H2,1H3,(H,20,24)(H,21,25)/t14-/m1/s1. The molecule has 0 spiro atoms. The Hall–Kier alpha value is -2.44. The van der Waals surface area contributed by atoms with Gasteiger partial charge in [-0.3, -0.25) is 14.4 Å². The quantitative estimate of drug-likeness (QED) is 0.823. The fourth-order valence-electron chi connectivity index (χ4n) is 3.47. The zero-order valence-corrected chi connectivity index (χ0v) is 14.2. The van der Waals surface area contributed by atoms with E-state index in [0.717, 1.165) is 12.0 Å². The fraction of sp³-hybridized carbons (Fsp3) is 0.500. The van der Waals surface area contributed by atoms with Crippen molar-refractivity contribution in [3.8, 4) is 0 Å². The van der Waals surface area contributed by atoms with Gasteiger partial charge in [-0.15, -0.1) is 0 Å². The molecule has 0 unspecified atom stereocenters. The van der Waals surface area contributed by atoms with Crippen molar-refractivity contribution in [1.29, 1.82) is 0 Å². The number of carbonyl (C=O) groups excluding carboxylic acids is 3. The van der Waals surface area contributed by atoms with Gasteiger partial charge < -0.3 is 15.5 Å². The van der Waals surface area contributed by atoms with E-state index < -0.39 is 11.5 Å². The molecule has 3 rings (SSSR count). The largest absolute Gasteiger partial charge is 0.357 e. The second-order valence-corrected chi connectivity index (χ2v) is 6.63. The van der Waals surface area contributed by atoms with Crippen LogP contribution in [0.1, 0.15) is 31.2 Å². The van der Waals surface area contributed by atoms with Crippen molar-refractivity contribution in [3.63, 3.8) is 0 Å². The predicted molar refractivity (Wildman–Crippen MR) is 89.1 cm³/mol. The van der Waals surface area contributed by atoms with E-state index in [9.17, 15) is 18.8 Å². The van der Waals surface area contributed by atoms with Crippen molar-refractivity contribution in [1.82, 2.24) is 15.5 Å². The number of likely N-dealkylation sites (N-methyl/N-ethyl adjacent to an activating group) is 1. The number of likely N-dealkylation sites (tertiary alicyclic amines) is 1. The molecule has 1 atom stereocenters. The summed E-state index contributed by atoms with van der Waals surface area (Å²) < 4.78 is 13.1. The maximum Gasteiger partial charge on any atom is 0.242 e. The molecule has 1 aromatic carbocycles. The number of benzene rings is 1. The van der Waals surface area contributed by atoms with E-state index in [0.29, 0.717) is 25.8 Å². The molecule has 7 heteroatoms. The highest BCUT2D eigenvalue weighted by atomic mass is 19.1. The summed E-state index contributed by atoms with van der Waals surface area (Å²) in [5, 5.41) is 5.26. The van der Waals surface area contributed by atoms with Crippen molar-refractivity contribution < 1.29 is 18.8 Å². The van der Waals surface area contributed by atoms with Gasteiger partial charge in [0.05, 0.1) is 12.0 Å². The third-order valence-electron chi connectivity index (χ3n) is 5.10. The topological polar surface area (TPSA) is 78.5 Å². The van der Waals surface area contributed by atoms with E-state index in [1.807, 2.05) is 0 Å². The number of rotatable bonds is 5. The van der Waals surface area contributed by atoms with Crippen LogP contribution in [-0.4, -0.2) is 48.8 Å². The molecular formula is C18H22FN3O3. The van der Waals surface area contributed by atoms with Gasteiger partial charge in [-0.25, -0.2) is 4.39 Å². The lowest BCUT2D eigenvalue weighted by Crippen LogP contribution is -2.49. The van der Waals surface area contributed by atoms with Gasteiger partial charge in [0.1, 0.15) is 11.9 Å². The van der Waals surface area contributed by atoms with Gasteiger partial charge in [0.15, 0.2) is 0 Å². The Balaban J connectivity index is 1.59. The average Bonchev–Trinajstić information content (AvgIpc) is 3.28. The minimum atomic E-state index is -0.654. The Kier molecular flexibility index (Phi) is 4.74. The van der Waals surface area contributed by atoms with Crippen molar-refractivity contribution in [2.45, 2.75) is 37.1 Å². The van der Waals surface area contributed by atoms with Crippen molar-refractivity contribution >= 4 is 17.7 Å². The molecule has 0 radical (unpaired) electrons. The molecule has 1 aromatic rings. The lowest BCUT2D eigenvalue weighted by atomic mass is 9.95. The van der Waals surface area contributed by atoms with Crippen LogP contribution in [0.5, 0.6) is 0 Å². The predicted octanol–water partition coefficient (Wildman–Crippen LogP) is 0.710. The summed E-state index contributed by atoms with van der Waals surface area (Å²) in [6.45, 7) is 0.394. The lowest BCUT2D eigenvalue weighted by molar-refractivity contribution is -0.138. The van der Waals surface area contributed by atoms with Crippen molar-refractivity contribution in [3.05, 3.63) is 35.6 Å². The molecule has 0 aromatic heterocycles. The second-order valence-electron chi connectivity index (χ2n) is 6.63. The molecule has 3 amide bonds. The Labute approximate surface area is 145 Å². The number of nitrogens with zero attached hydrogens (tertiary/aromatic N) is 1. The summed E-state index contributed by atoms with van der Waals surface area (Å²) >= 11 is 0. The summed E-state index contributed by atoms with van der Waals surface area (Å²) in [7, 11) is 1.55. The SMILES string of the molecule is CNC(=O)[C@H]1CCCN1C(=O)CNC(=O)C1(c2ccc(F)cc2)CC1. The number of amides is 3. The Morgan fingerprint density at radius 3 is 2.52 bits per heavy atom. The molecular weight excluding hydrogens is 325 g/mol. The Morgan fingerprint density at radius 1 is 1.24 bits per heavy atom. The second kappa shape index (κ2) is 6.82. The Morgan fingerprint density at radius 2 is 1.92 bits per heavy atom. The summed E-state index contributed by atoms with van der Waals surface area (Å²) in [6.07, 6.45) is 2.78. The smallest absolute Gasteiger partial charge is 0.242 e. The lowest BCUT2D eigenvalue weighted by Gasteiger charge is -2.24. The van der Waals surface area contributed by atoms with E-state index in [2.05, 4.69) is 10.6 Å². The number of hydrogen-bond acceptors (Lipinski definition) is 3. The van der Waals surface area contributed by atoms with Crippen LogP contribution in [0.3, 0.4) is 0 Å². The third kappa shape index (κ3) is 3.36. The van der Waals surface area contributed by atoms with E-state index >= 15 is 0 Å². The normalized spacial score (nSPS) is 20.9. The maximum atomic E-state index is 13.1. The number of nitrogens with one attached hydrogen (secondary N) is 2. The van der Waals surface area contributed by atoms with Crippen LogP contribution in [0.4, 0.5) is 4.39 Å². The highest BCUT2D eigenvalue weighted by molar-refractivity contribution is 5.95. The van der Waals surface area contributed by atoms with Gasteiger partial charge in [-0.2, -0.15) is 0 Å². The zero-order chi connectivity index (χ0) is 18.0. The van der Waals surface area contributed by atoms with Crippen LogP contribution in [0, 0.1) is 5.82 Å². The average molecular weight is 347 g/mol. The first-order valence-electron chi connectivity index (χ1n) is 8.53. The first-order chi connectivity index (χ1) is 12.0. The number of hydrogen-bond donors (Lipinski definition) is 2. The molecule has 1 aliphatic heterocycles. The molecule has 1 saturated carbocycles. The van der Waals surface area contributed by atoms with Crippen LogP contribution in [0.2, 0.25) is 0 Å². The molecule has 25 heavy (non-hydrogen) atoms. The van der Waals surface area contributed by atoms with Crippen LogP contribution in [0.25, 0.3) is 0 Å². The highest BCUT2D eigenvalue weighted by Gasteiger charge is 2.51. The third-order valence-corrected chi connectivity index (χ3v) is 5.10. The fourth-order valence-corrected chi connectivity index (χ4v) is 3.47. The van der Waals surface area contributed by atoms with E-state index in [4.69, 9.17) is 0 Å². The monoisotopic (exact) mass is 347 g/mol. The van der Waals surface area contributed by atoms with E-state index in [-0.39, 0.29) is 30.1 Å². The van der Waals surface area contributed by atoms with Crippen molar-refractivity contribution in [2.24, 2.45) is 0 Å². The molecule has 6 nitrogen and oxygen atoms in total. The van der Waals surface area contributed by atoms with E-state index in [1.54, 1.807) is 19.2 Å². The number of carbonyl (C=O) groups is 3. The Bertz CT molecular complexity index is 685. The summed E-state index contributed by atoms with van der Waals surface area (Å²) in [4.78, 5) is 38.3. The van der Waals surface area contributed by atoms with Crippen LogP contribution in [0.15, 0.2) is 24.3 Å². The van der Waals surface area contributed by atoms with Crippen LogP contribution < -0.4 is 10.6 Å². The number of halogens is 1. The van der Waals surface area contributed by atoms with Gasteiger partial charge in [-0.05, 0) is 43.4 Å². The first-order valence-corrected chi connectivity index (χ1v) is 8.53. The first kappa shape index (κ1) is 17.4. The molecule has 2 fully saturated rings. The summed E-state index contributed by atoms with van der Waals surface area (Å²) in [5.74, 6) is -0.996. The summed E-state index contributed by atoms with van der Waals surface area (Å²) in [5.41, 5.74) is 0.113. The van der Waals surface area contributed by atoms with E-state index in [1.165, 1.54) is 17.0 Å². The summed E-state index contributed by atoms with van der Waals surface area (Å²) in [6, 6.07) is 5.46. The molecule has 1 aliphatic carbocycles. The maximum absolute atomic E-state index is 13.1. The van der Waals surface area contributed by atoms with Crippen LogP contribution >= 0.6 is 0 Å². The highest BCUT2D eigenvalue weighted by Crippen LogP contribution is 2.48. The molecule has 2 aliphatic rings. The minimum absolute atomic E-state index is 0.130. The van der Waals surface area contributed by atoms with Gasteiger partial charge in [-0.1, -0.05) is 12.1 Å².